The molecular weight excluding hydrogens is 220 g/mol. The van der Waals surface area contributed by atoms with Crippen LogP contribution in [0.3, 0.4) is 0 Å². The van der Waals surface area contributed by atoms with Crippen molar-refractivity contribution in [2.45, 2.75) is 13.0 Å². The van der Waals surface area contributed by atoms with Crippen LogP contribution in [0.2, 0.25) is 0 Å². The van der Waals surface area contributed by atoms with E-state index < -0.39 is 12.1 Å². The second kappa shape index (κ2) is 6.06. The van der Waals surface area contributed by atoms with Gasteiger partial charge in [-0.3, -0.25) is 0 Å². The van der Waals surface area contributed by atoms with E-state index in [-0.39, 0.29) is 5.57 Å². The van der Waals surface area contributed by atoms with Crippen LogP contribution in [-0.2, 0) is 9.53 Å². The second-order valence-electron chi connectivity index (χ2n) is 3.41. The van der Waals surface area contributed by atoms with Crippen molar-refractivity contribution >= 4 is 5.97 Å². The maximum Gasteiger partial charge on any atom is 0.336 e. The van der Waals surface area contributed by atoms with Crippen molar-refractivity contribution in [1.29, 1.82) is 0 Å². The number of aliphatic hydroxyl groups excluding tert-OH is 1. The zero-order valence-electron chi connectivity index (χ0n) is 10.1. The molecule has 0 radical (unpaired) electrons. The van der Waals surface area contributed by atoms with E-state index in [4.69, 9.17) is 4.74 Å². The van der Waals surface area contributed by atoms with Gasteiger partial charge in [0.2, 0.25) is 0 Å². The van der Waals surface area contributed by atoms with E-state index in [1.807, 2.05) is 0 Å². The van der Waals surface area contributed by atoms with Gasteiger partial charge in [-0.2, -0.15) is 0 Å². The Balaban J connectivity index is 2.94. The van der Waals surface area contributed by atoms with Crippen molar-refractivity contribution in [1.82, 2.24) is 0 Å². The van der Waals surface area contributed by atoms with Crippen molar-refractivity contribution in [2.75, 3.05) is 14.2 Å². The van der Waals surface area contributed by atoms with Crippen LogP contribution >= 0.6 is 0 Å². The molecule has 0 amide bonds. The van der Waals surface area contributed by atoms with Gasteiger partial charge in [0.15, 0.2) is 0 Å². The summed E-state index contributed by atoms with van der Waals surface area (Å²) in [7, 11) is 2.85. The van der Waals surface area contributed by atoms with E-state index in [0.29, 0.717) is 11.3 Å². The number of aliphatic hydroxyl groups is 1. The van der Waals surface area contributed by atoms with Gasteiger partial charge in [-0.15, -0.1) is 0 Å². The minimum absolute atomic E-state index is 0.220. The van der Waals surface area contributed by atoms with E-state index in [1.54, 1.807) is 44.4 Å². The van der Waals surface area contributed by atoms with Crippen molar-refractivity contribution in [3.8, 4) is 5.75 Å². The van der Waals surface area contributed by atoms with Gasteiger partial charge in [0, 0.05) is 0 Å². The van der Waals surface area contributed by atoms with E-state index >= 15 is 0 Å². The fraction of sp³-hybridized carbons (Fsp3) is 0.308. The van der Waals surface area contributed by atoms with Crippen LogP contribution in [0.4, 0.5) is 0 Å². The highest BCUT2D eigenvalue weighted by Gasteiger charge is 2.20. The molecule has 1 atom stereocenters. The SMILES string of the molecule is C/C=C(/C(=O)OC)C(O)c1ccc(OC)cc1. The molecule has 0 aliphatic rings. The molecule has 1 aromatic carbocycles. The average Bonchev–Trinajstić information content (AvgIpc) is 2.39. The van der Waals surface area contributed by atoms with Crippen molar-refractivity contribution in [3.05, 3.63) is 41.5 Å². The molecule has 0 saturated heterocycles. The van der Waals surface area contributed by atoms with Gasteiger partial charge in [0.1, 0.15) is 11.9 Å². The van der Waals surface area contributed by atoms with Crippen LogP contribution < -0.4 is 4.74 Å². The molecule has 0 heterocycles. The molecule has 1 N–H and O–H groups in total. The Labute approximate surface area is 100 Å². The topological polar surface area (TPSA) is 55.8 Å². The summed E-state index contributed by atoms with van der Waals surface area (Å²) in [5.74, 6) is 0.164. The summed E-state index contributed by atoms with van der Waals surface area (Å²) in [5, 5.41) is 10.0. The molecule has 4 nitrogen and oxygen atoms in total. The molecule has 1 rings (SSSR count). The normalized spacial score (nSPS) is 13.1. The molecular formula is C13H16O4. The Morgan fingerprint density at radius 1 is 1.29 bits per heavy atom. The highest BCUT2D eigenvalue weighted by molar-refractivity contribution is 5.89. The Bertz CT molecular complexity index is 406. The Kier molecular flexibility index (Phi) is 4.72. The van der Waals surface area contributed by atoms with Crippen LogP contribution in [0.1, 0.15) is 18.6 Å². The first kappa shape index (κ1) is 13.3. The van der Waals surface area contributed by atoms with Gasteiger partial charge in [-0.05, 0) is 24.6 Å². The summed E-state index contributed by atoms with van der Waals surface area (Å²) in [5.41, 5.74) is 0.835. The van der Waals surface area contributed by atoms with Gasteiger partial charge >= 0.3 is 5.97 Å². The third kappa shape index (κ3) is 3.07. The summed E-state index contributed by atoms with van der Waals surface area (Å²) in [4.78, 5) is 11.4. The zero-order chi connectivity index (χ0) is 12.8. The molecule has 17 heavy (non-hydrogen) atoms. The van der Waals surface area contributed by atoms with Crippen LogP contribution in [0, 0.1) is 0 Å². The molecule has 0 bridgehead atoms. The van der Waals surface area contributed by atoms with E-state index in [1.165, 1.54) is 7.11 Å². The lowest BCUT2D eigenvalue weighted by atomic mass is 10.0. The number of hydrogen-bond donors (Lipinski definition) is 1. The molecule has 0 saturated carbocycles. The fourth-order valence-corrected chi connectivity index (χ4v) is 1.47. The molecule has 0 aromatic heterocycles. The van der Waals surface area contributed by atoms with Gasteiger partial charge in [-0.1, -0.05) is 18.2 Å². The number of allylic oxidation sites excluding steroid dienone is 1. The van der Waals surface area contributed by atoms with Crippen molar-refractivity contribution in [2.24, 2.45) is 0 Å². The third-order valence-corrected chi connectivity index (χ3v) is 2.46. The molecule has 4 heteroatoms. The summed E-state index contributed by atoms with van der Waals surface area (Å²) in [6, 6.07) is 6.86. The van der Waals surface area contributed by atoms with Crippen LogP contribution in [-0.4, -0.2) is 25.3 Å². The molecule has 0 spiro atoms. The fourth-order valence-electron chi connectivity index (χ4n) is 1.47. The maximum absolute atomic E-state index is 11.4. The quantitative estimate of drug-likeness (QED) is 0.640. The number of carbonyl (C=O) groups is 1. The minimum atomic E-state index is -0.988. The first-order valence-electron chi connectivity index (χ1n) is 5.20. The first-order valence-corrected chi connectivity index (χ1v) is 5.20. The molecule has 0 aliphatic carbocycles. The zero-order valence-corrected chi connectivity index (χ0v) is 10.1. The first-order chi connectivity index (χ1) is 8.13. The average molecular weight is 236 g/mol. The molecule has 1 aromatic rings. The number of ether oxygens (including phenoxy) is 2. The van der Waals surface area contributed by atoms with Crippen molar-refractivity contribution in [3.63, 3.8) is 0 Å². The Morgan fingerprint density at radius 2 is 1.88 bits per heavy atom. The Morgan fingerprint density at radius 3 is 2.29 bits per heavy atom. The molecule has 0 aliphatic heterocycles. The summed E-state index contributed by atoms with van der Waals surface area (Å²) < 4.78 is 9.62. The second-order valence-corrected chi connectivity index (χ2v) is 3.41. The molecule has 0 fully saturated rings. The van der Waals surface area contributed by atoms with E-state index in [9.17, 15) is 9.90 Å². The summed E-state index contributed by atoms with van der Waals surface area (Å²) >= 11 is 0. The Hall–Kier alpha value is -1.81. The van der Waals surface area contributed by atoms with Crippen molar-refractivity contribution < 1.29 is 19.4 Å². The van der Waals surface area contributed by atoms with Gasteiger partial charge in [-0.25, -0.2) is 4.79 Å². The number of esters is 1. The van der Waals surface area contributed by atoms with E-state index in [2.05, 4.69) is 4.74 Å². The largest absolute Gasteiger partial charge is 0.497 e. The number of rotatable bonds is 4. The van der Waals surface area contributed by atoms with Gasteiger partial charge < -0.3 is 14.6 Å². The standard InChI is InChI=1S/C13H16O4/c1-4-11(13(15)17-3)12(14)9-5-7-10(16-2)8-6-9/h4-8,12,14H,1-3H3/b11-4+. The lowest BCUT2D eigenvalue weighted by molar-refractivity contribution is -0.137. The number of benzene rings is 1. The highest BCUT2D eigenvalue weighted by Crippen LogP contribution is 2.24. The van der Waals surface area contributed by atoms with Gasteiger partial charge in [0.25, 0.3) is 0 Å². The number of methoxy groups -OCH3 is 2. The number of carbonyl (C=O) groups excluding carboxylic acids is 1. The summed E-state index contributed by atoms with van der Waals surface area (Å²) in [6.45, 7) is 1.68. The minimum Gasteiger partial charge on any atom is -0.497 e. The molecule has 92 valence electrons. The van der Waals surface area contributed by atoms with Crippen LogP contribution in [0.25, 0.3) is 0 Å². The van der Waals surface area contributed by atoms with E-state index in [0.717, 1.165) is 0 Å². The molecule has 1 unspecified atom stereocenters. The smallest absolute Gasteiger partial charge is 0.336 e. The highest BCUT2D eigenvalue weighted by atomic mass is 16.5. The third-order valence-electron chi connectivity index (χ3n) is 2.46. The lowest BCUT2D eigenvalue weighted by Crippen LogP contribution is -2.12. The number of hydrogen-bond acceptors (Lipinski definition) is 4. The predicted octanol–water partition coefficient (Wildman–Crippen LogP) is 1.85. The monoisotopic (exact) mass is 236 g/mol. The predicted molar refractivity (Wildman–Crippen MR) is 63.7 cm³/mol. The summed E-state index contributed by atoms with van der Waals surface area (Å²) in [6.07, 6.45) is 0.555. The lowest BCUT2D eigenvalue weighted by Gasteiger charge is -2.13. The van der Waals surface area contributed by atoms with Crippen LogP contribution in [0.15, 0.2) is 35.9 Å². The van der Waals surface area contributed by atoms with Gasteiger partial charge in [0.05, 0.1) is 19.8 Å². The maximum atomic E-state index is 11.4. The van der Waals surface area contributed by atoms with Crippen LogP contribution in [0.5, 0.6) is 5.75 Å².